The first-order valence-corrected chi connectivity index (χ1v) is 12.4. The Bertz CT molecular complexity index is 1330. The molecule has 0 bridgehead atoms. The van der Waals surface area contributed by atoms with Crippen molar-refractivity contribution in [3.05, 3.63) is 95.6 Å². The average Bonchev–Trinajstić information content (AvgIpc) is 2.92. The summed E-state index contributed by atoms with van der Waals surface area (Å²) in [5.74, 6) is -1.98. The zero-order chi connectivity index (χ0) is 26.2. The largest absolute Gasteiger partial charge is 0.491 e. The second-order valence-electron chi connectivity index (χ2n) is 8.63. The Labute approximate surface area is 215 Å². The van der Waals surface area contributed by atoms with Gasteiger partial charge in [0.05, 0.1) is 13.2 Å². The summed E-state index contributed by atoms with van der Waals surface area (Å²) in [4.78, 5) is 8.19. The van der Waals surface area contributed by atoms with E-state index in [0.717, 1.165) is 29.5 Å². The summed E-state index contributed by atoms with van der Waals surface area (Å²) in [6, 6.07) is 15.8. The summed E-state index contributed by atoms with van der Waals surface area (Å²) < 4.78 is 54.6. The lowest BCUT2D eigenvalue weighted by atomic mass is 9.98. The first-order valence-electron chi connectivity index (χ1n) is 12.4. The van der Waals surface area contributed by atoms with Crippen molar-refractivity contribution in [1.82, 2.24) is 9.97 Å². The fourth-order valence-corrected chi connectivity index (χ4v) is 3.94. The van der Waals surface area contributed by atoms with Crippen LogP contribution in [-0.4, -0.2) is 23.2 Å². The van der Waals surface area contributed by atoms with E-state index in [-0.39, 0.29) is 17.3 Å². The topological polar surface area (TPSA) is 44.2 Å². The second kappa shape index (κ2) is 12.4. The Balaban J connectivity index is 1.40. The SMILES string of the molecule is CCCCOc1ncc(-c2ccc(CCc3ccc(-c4ccc(OCC)c(F)c4)cc3)c(F)c2F)cn1. The Morgan fingerprint density at radius 1 is 0.730 bits per heavy atom. The standard InChI is InChI=1S/C30H29F3N2O2/c1-3-5-16-37-30-34-18-24(19-35-30)25-14-12-22(28(32)29(25)33)11-8-20-6-9-21(10-7-20)23-13-15-27(36-4-2)26(31)17-23/h6-7,9-10,12-15,17-19H,3-5,8,11,16H2,1-2H3. The lowest BCUT2D eigenvalue weighted by Crippen LogP contribution is -2.02. The highest BCUT2D eigenvalue weighted by atomic mass is 19.2. The Hall–Kier alpha value is -3.87. The van der Waals surface area contributed by atoms with Gasteiger partial charge < -0.3 is 9.47 Å². The normalized spacial score (nSPS) is 10.9. The molecular weight excluding hydrogens is 477 g/mol. The molecule has 0 aliphatic carbocycles. The van der Waals surface area contributed by atoms with Crippen molar-refractivity contribution in [1.29, 1.82) is 0 Å². The molecule has 0 aliphatic rings. The molecule has 0 unspecified atom stereocenters. The van der Waals surface area contributed by atoms with Gasteiger partial charge in [0.1, 0.15) is 0 Å². The van der Waals surface area contributed by atoms with Crippen LogP contribution in [0.25, 0.3) is 22.3 Å². The van der Waals surface area contributed by atoms with Crippen LogP contribution < -0.4 is 9.47 Å². The number of unbranched alkanes of at least 4 members (excludes halogenated alkanes) is 1. The maximum absolute atomic E-state index is 14.9. The minimum atomic E-state index is -0.923. The summed E-state index contributed by atoms with van der Waals surface area (Å²) in [6.45, 7) is 4.77. The van der Waals surface area contributed by atoms with Gasteiger partial charge in [0.25, 0.3) is 0 Å². The molecule has 4 nitrogen and oxygen atoms in total. The number of benzene rings is 3. The summed E-state index contributed by atoms with van der Waals surface area (Å²) in [6.07, 6.45) is 5.61. The van der Waals surface area contributed by atoms with Crippen LogP contribution >= 0.6 is 0 Å². The van der Waals surface area contributed by atoms with Crippen molar-refractivity contribution in [2.24, 2.45) is 0 Å². The first-order chi connectivity index (χ1) is 18.0. The van der Waals surface area contributed by atoms with Crippen LogP contribution in [-0.2, 0) is 12.8 Å². The number of ether oxygens (including phenoxy) is 2. The van der Waals surface area contributed by atoms with Gasteiger partial charge in [-0.2, -0.15) is 0 Å². The Morgan fingerprint density at radius 3 is 2.14 bits per heavy atom. The fourth-order valence-electron chi connectivity index (χ4n) is 3.94. The quantitative estimate of drug-likeness (QED) is 0.197. The Kier molecular flexibility index (Phi) is 8.77. The van der Waals surface area contributed by atoms with Gasteiger partial charge in [0.2, 0.25) is 0 Å². The number of aryl methyl sites for hydroxylation is 2. The minimum absolute atomic E-state index is 0.105. The van der Waals surface area contributed by atoms with Gasteiger partial charge >= 0.3 is 6.01 Å². The van der Waals surface area contributed by atoms with Gasteiger partial charge in [-0.25, -0.2) is 23.1 Å². The lowest BCUT2D eigenvalue weighted by molar-refractivity contribution is 0.285. The lowest BCUT2D eigenvalue weighted by Gasteiger charge is -2.10. The van der Waals surface area contributed by atoms with Gasteiger partial charge in [-0.3, -0.25) is 0 Å². The van der Waals surface area contributed by atoms with Crippen LogP contribution in [0.3, 0.4) is 0 Å². The van der Waals surface area contributed by atoms with E-state index in [9.17, 15) is 13.2 Å². The van der Waals surface area contributed by atoms with Crippen molar-refractivity contribution < 1.29 is 22.6 Å². The molecule has 3 aromatic carbocycles. The van der Waals surface area contributed by atoms with Gasteiger partial charge in [0, 0.05) is 23.5 Å². The molecule has 4 aromatic rings. The maximum Gasteiger partial charge on any atom is 0.316 e. The van der Waals surface area contributed by atoms with Crippen LogP contribution in [0.1, 0.15) is 37.8 Å². The van der Waals surface area contributed by atoms with Gasteiger partial charge in [0.15, 0.2) is 23.2 Å². The molecule has 0 amide bonds. The minimum Gasteiger partial charge on any atom is -0.491 e. The molecule has 0 N–H and O–H groups in total. The highest BCUT2D eigenvalue weighted by Crippen LogP contribution is 2.28. The van der Waals surface area contributed by atoms with E-state index >= 15 is 0 Å². The predicted molar refractivity (Wildman–Crippen MR) is 138 cm³/mol. The smallest absolute Gasteiger partial charge is 0.316 e. The third-order valence-corrected chi connectivity index (χ3v) is 6.03. The average molecular weight is 507 g/mol. The third-order valence-electron chi connectivity index (χ3n) is 6.03. The van der Waals surface area contributed by atoms with Crippen molar-refractivity contribution >= 4 is 0 Å². The van der Waals surface area contributed by atoms with Gasteiger partial charge in [-0.15, -0.1) is 0 Å². The molecule has 0 aliphatic heterocycles. The molecule has 0 saturated heterocycles. The van der Waals surface area contributed by atoms with Crippen LogP contribution in [0, 0.1) is 17.5 Å². The third kappa shape index (κ3) is 6.47. The fraction of sp³-hybridized carbons (Fsp3) is 0.267. The van der Waals surface area contributed by atoms with E-state index < -0.39 is 17.5 Å². The van der Waals surface area contributed by atoms with Crippen molar-refractivity contribution in [2.45, 2.75) is 39.5 Å². The molecule has 0 atom stereocenters. The molecule has 192 valence electrons. The summed E-state index contributed by atoms with van der Waals surface area (Å²) in [7, 11) is 0. The van der Waals surface area contributed by atoms with E-state index in [0.29, 0.717) is 37.2 Å². The van der Waals surface area contributed by atoms with Crippen LogP contribution in [0.5, 0.6) is 11.8 Å². The molecule has 1 aromatic heterocycles. The molecular formula is C30H29F3N2O2. The van der Waals surface area contributed by atoms with E-state index in [1.54, 1.807) is 31.2 Å². The monoisotopic (exact) mass is 506 g/mol. The van der Waals surface area contributed by atoms with Gasteiger partial charge in [-0.05, 0) is 60.6 Å². The van der Waals surface area contributed by atoms with Crippen LogP contribution in [0.2, 0.25) is 0 Å². The Morgan fingerprint density at radius 2 is 1.46 bits per heavy atom. The van der Waals surface area contributed by atoms with Crippen molar-refractivity contribution in [3.8, 4) is 34.0 Å². The molecule has 37 heavy (non-hydrogen) atoms. The number of rotatable bonds is 11. The summed E-state index contributed by atoms with van der Waals surface area (Å²) in [5, 5.41) is 0. The van der Waals surface area contributed by atoms with Crippen molar-refractivity contribution in [3.63, 3.8) is 0 Å². The second-order valence-corrected chi connectivity index (χ2v) is 8.63. The van der Waals surface area contributed by atoms with E-state index in [2.05, 4.69) is 16.9 Å². The molecule has 0 fully saturated rings. The highest BCUT2D eigenvalue weighted by molar-refractivity contribution is 5.65. The maximum atomic E-state index is 14.9. The molecule has 0 spiro atoms. The molecule has 1 heterocycles. The summed E-state index contributed by atoms with van der Waals surface area (Å²) in [5.41, 5.74) is 3.34. The number of nitrogens with zero attached hydrogens (tertiary/aromatic N) is 2. The molecule has 7 heteroatoms. The molecule has 0 saturated carbocycles. The number of hydrogen-bond acceptors (Lipinski definition) is 4. The first kappa shape index (κ1) is 26.2. The van der Waals surface area contributed by atoms with Crippen LogP contribution in [0.15, 0.2) is 67.0 Å². The van der Waals surface area contributed by atoms with E-state index in [4.69, 9.17) is 9.47 Å². The molecule has 4 rings (SSSR count). The number of halogens is 3. The van der Waals surface area contributed by atoms with E-state index in [1.165, 1.54) is 18.5 Å². The predicted octanol–water partition coefficient (Wildman–Crippen LogP) is 7.59. The number of hydrogen-bond donors (Lipinski definition) is 0. The molecule has 0 radical (unpaired) electrons. The van der Waals surface area contributed by atoms with Crippen molar-refractivity contribution in [2.75, 3.05) is 13.2 Å². The zero-order valence-corrected chi connectivity index (χ0v) is 20.9. The van der Waals surface area contributed by atoms with Gasteiger partial charge in [-0.1, -0.05) is 55.8 Å². The number of aromatic nitrogens is 2. The highest BCUT2D eigenvalue weighted by Gasteiger charge is 2.16. The van der Waals surface area contributed by atoms with Crippen LogP contribution in [0.4, 0.5) is 13.2 Å². The van der Waals surface area contributed by atoms with E-state index in [1.807, 2.05) is 24.3 Å². The summed E-state index contributed by atoms with van der Waals surface area (Å²) >= 11 is 0. The zero-order valence-electron chi connectivity index (χ0n) is 20.9.